The first-order valence-electron chi connectivity index (χ1n) is 5.65. The third kappa shape index (κ3) is 3.14. The molecular formula is C13H16FN3. The van der Waals surface area contributed by atoms with Crippen LogP contribution >= 0.6 is 0 Å². The number of aromatic nitrogens is 2. The van der Waals surface area contributed by atoms with Gasteiger partial charge in [-0.15, -0.1) is 0 Å². The molecule has 1 aromatic carbocycles. The van der Waals surface area contributed by atoms with Gasteiger partial charge in [-0.1, -0.05) is 12.1 Å². The molecule has 0 aliphatic carbocycles. The summed E-state index contributed by atoms with van der Waals surface area (Å²) in [6.07, 6.45) is 4.36. The SMILES string of the molecule is CC(N)Cc1nccn1Cc1cccc(F)c1. The van der Waals surface area contributed by atoms with Crippen molar-refractivity contribution >= 4 is 0 Å². The van der Waals surface area contributed by atoms with E-state index in [1.54, 1.807) is 12.3 Å². The van der Waals surface area contributed by atoms with E-state index in [0.717, 1.165) is 17.8 Å². The lowest BCUT2D eigenvalue weighted by atomic mass is 10.2. The van der Waals surface area contributed by atoms with Crippen LogP contribution in [0.2, 0.25) is 0 Å². The summed E-state index contributed by atoms with van der Waals surface area (Å²) in [5, 5.41) is 0. The van der Waals surface area contributed by atoms with E-state index >= 15 is 0 Å². The van der Waals surface area contributed by atoms with E-state index in [1.165, 1.54) is 12.1 Å². The fourth-order valence-electron chi connectivity index (χ4n) is 1.79. The van der Waals surface area contributed by atoms with Crippen LogP contribution in [0.25, 0.3) is 0 Å². The van der Waals surface area contributed by atoms with Gasteiger partial charge in [0.2, 0.25) is 0 Å². The molecular weight excluding hydrogens is 217 g/mol. The second kappa shape index (κ2) is 5.10. The number of hydrogen-bond acceptors (Lipinski definition) is 2. The van der Waals surface area contributed by atoms with Crippen molar-refractivity contribution in [2.75, 3.05) is 0 Å². The molecule has 90 valence electrons. The van der Waals surface area contributed by atoms with E-state index in [0.29, 0.717) is 6.54 Å². The highest BCUT2D eigenvalue weighted by Crippen LogP contribution is 2.08. The number of nitrogens with zero attached hydrogens (tertiary/aromatic N) is 2. The molecule has 2 aromatic rings. The minimum absolute atomic E-state index is 0.0728. The van der Waals surface area contributed by atoms with Crippen molar-refractivity contribution in [2.24, 2.45) is 5.73 Å². The van der Waals surface area contributed by atoms with Gasteiger partial charge in [-0.2, -0.15) is 0 Å². The normalized spacial score (nSPS) is 12.6. The lowest BCUT2D eigenvalue weighted by molar-refractivity contribution is 0.618. The summed E-state index contributed by atoms with van der Waals surface area (Å²) < 4.78 is 15.1. The summed E-state index contributed by atoms with van der Waals surface area (Å²) >= 11 is 0. The molecule has 0 saturated heterocycles. The Balaban J connectivity index is 2.16. The molecule has 2 rings (SSSR count). The second-order valence-electron chi connectivity index (χ2n) is 4.28. The smallest absolute Gasteiger partial charge is 0.123 e. The summed E-state index contributed by atoms with van der Waals surface area (Å²) in [5.41, 5.74) is 6.68. The van der Waals surface area contributed by atoms with Crippen molar-refractivity contribution in [3.8, 4) is 0 Å². The Morgan fingerprint density at radius 2 is 2.29 bits per heavy atom. The van der Waals surface area contributed by atoms with Crippen molar-refractivity contribution in [1.82, 2.24) is 9.55 Å². The molecule has 1 aromatic heterocycles. The summed E-state index contributed by atoms with van der Waals surface area (Å²) in [7, 11) is 0. The number of hydrogen-bond donors (Lipinski definition) is 1. The summed E-state index contributed by atoms with van der Waals surface area (Å²) in [6, 6.07) is 6.67. The highest BCUT2D eigenvalue weighted by molar-refractivity contribution is 5.17. The lowest BCUT2D eigenvalue weighted by Gasteiger charge is -2.09. The van der Waals surface area contributed by atoms with Gasteiger partial charge in [0.1, 0.15) is 11.6 Å². The quantitative estimate of drug-likeness (QED) is 0.877. The zero-order chi connectivity index (χ0) is 12.3. The zero-order valence-electron chi connectivity index (χ0n) is 9.81. The first-order chi connectivity index (χ1) is 8.15. The first-order valence-corrected chi connectivity index (χ1v) is 5.65. The van der Waals surface area contributed by atoms with Crippen LogP contribution in [0.15, 0.2) is 36.7 Å². The number of nitrogens with two attached hydrogens (primary N) is 1. The van der Waals surface area contributed by atoms with Crippen molar-refractivity contribution in [1.29, 1.82) is 0 Å². The average Bonchev–Trinajstić information content (AvgIpc) is 2.65. The summed E-state index contributed by atoms with van der Waals surface area (Å²) in [5.74, 6) is 0.723. The minimum Gasteiger partial charge on any atom is -0.330 e. The highest BCUT2D eigenvalue weighted by atomic mass is 19.1. The zero-order valence-corrected chi connectivity index (χ0v) is 9.81. The number of imidazole rings is 1. The Labute approximate surface area is 100 Å². The van der Waals surface area contributed by atoms with E-state index < -0.39 is 0 Å². The van der Waals surface area contributed by atoms with Gasteiger partial charge >= 0.3 is 0 Å². The predicted molar refractivity (Wildman–Crippen MR) is 65.1 cm³/mol. The third-order valence-electron chi connectivity index (χ3n) is 2.55. The van der Waals surface area contributed by atoms with Crippen LogP contribution in [0.4, 0.5) is 4.39 Å². The predicted octanol–water partition coefficient (Wildman–Crippen LogP) is 1.96. The number of benzene rings is 1. The van der Waals surface area contributed by atoms with Crippen molar-refractivity contribution in [2.45, 2.75) is 25.9 Å². The van der Waals surface area contributed by atoms with E-state index in [2.05, 4.69) is 4.98 Å². The molecule has 0 radical (unpaired) electrons. The molecule has 4 heteroatoms. The molecule has 0 fully saturated rings. The molecule has 1 heterocycles. The molecule has 0 spiro atoms. The summed E-state index contributed by atoms with van der Waals surface area (Å²) in [6.45, 7) is 2.57. The van der Waals surface area contributed by atoms with Gasteiger partial charge in [0.15, 0.2) is 0 Å². The largest absolute Gasteiger partial charge is 0.330 e. The van der Waals surface area contributed by atoms with Crippen molar-refractivity contribution in [3.63, 3.8) is 0 Å². The molecule has 1 unspecified atom stereocenters. The molecule has 3 nitrogen and oxygen atoms in total. The average molecular weight is 233 g/mol. The molecule has 0 saturated carbocycles. The van der Waals surface area contributed by atoms with Gasteiger partial charge in [-0.25, -0.2) is 9.37 Å². The van der Waals surface area contributed by atoms with E-state index in [9.17, 15) is 4.39 Å². The highest BCUT2D eigenvalue weighted by Gasteiger charge is 2.06. The molecule has 0 aliphatic rings. The molecule has 0 bridgehead atoms. The van der Waals surface area contributed by atoms with Crippen LogP contribution in [0, 0.1) is 5.82 Å². The molecule has 0 amide bonds. The van der Waals surface area contributed by atoms with Gasteiger partial charge in [0, 0.05) is 31.4 Å². The molecule has 17 heavy (non-hydrogen) atoms. The summed E-state index contributed by atoms with van der Waals surface area (Å²) in [4.78, 5) is 4.26. The Morgan fingerprint density at radius 3 is 3.00 bits per heavy atom. The van der Waals surface area contributed by atoms with Crippen LogP contribution in [-0.2, 0) is 13.0 Å². The lowest BCUT2D eigenvalue weighted by Crippen LogP contribution is -2.20. The Hall–Kier alpha value is -1.68. The van der Waals surface area contributed by atoms with Crippen LogP contribution < -0.4 is 5.73 Å². The van der Waals surface area contributed by atoms with Gasteiger partial charge in [0.05, 0.1) is 0 Å². The third-order valence-corrected chi connectivity index (χ3v) is 2.55. The van der Waals surface area contributed by atoms with Gasteiger partial charge < -0.3 is 10.3 Å². The van der Waals surface area contributed by atoms with Crippen molar-refractivity contribution in [3.05, 3.63) is 53.9 Å². The van der Waals surface area contributed by atoms with Gasteiger partial charge in [-0.3, -0.25) is 0 Å². The number of rotatable bonds is 4. The van der Waals surface area contributed by atoms with Crippen LogP contribution in [-0.4, -0.2) is 15.6 Å². The Morgan fingerprint density at radius 1 is 1.47 bits per heavy atom. The van der Waals surface area contributed by atoms with Crippen LogP contribution in [0.3, 0.4) is 0 Å². The van der Waals surface area contributed by atoms with E-state index in [4.69, 9.17) is 5.73 Å². The minimum atomic E-state index is -0.212. The molecule has 0 aliphatic heterocycles. The topological polar surface area (TPSA) is 43.8 Å². The van der Waals surface area contributed by atoms with Crippen LogP contribution in [0.5, 0.6) is 0 Å². The molecule has 1 atom stereocenters. The van der Waals surface area contributed by atoms with E-state index in [1.807, 2.05) is 23.8 Å². The first kappa shape index (κ1) is 11.8. The maximum absolute atomic E-state index is 13.1. The second-order valence-corrected chi connectivity index (χ2v) is 4.28. The van der Waals surface area contributed by atoms with Crippen LogP contribution in [0.1, 0.15) is 18.3 Å². The Bertz CT molecular complexity index is 491. The fourth-order valence-corrected chi connectivity index (χ4v) is 1.79. The Kier molecular flexibility index (Phi) is 3.54. The van der Waals surface area contributed by atoms with Crippen molar-refractivity contribution < 1.29 is 4.39 Å². The van der Waals surface area contributed by atoms with E-state index in [-0.39, 0.29) is 11.9 Å². The number of halogens is 1. The van der Waals surface area contributed by atoms with Gasteiger partial charge in [-0.05, 0) is 24.6 Å². The monoisotopic (exact) mass is 233 g/mol. The molecule has 2 N–H and O–H groups in total. The maximum Gasteiger partial charge on any atom is 0.123 e. The standard InChI is InChI=1S/C13H16FN3/c1-10(15)7-13-16-5-6-17(13)9-11-3-2-4-12(14)8-11/h2-6,8,10H,7,9,15H2,1H3. The maximum atomic E-state index is 13.1. The fraction of sp³-hybridized carbons (Fsp3) is 0.308. The van der Waals surface area contributed by atoms with Gasteiger partial charge in [0.25, 0.3) is 0 Å².